The Kier molecular flexibility index (Phi) is 5.48. The molecule has 7 nitrogen and oxygen atoms in total. The van der Waals surface area contributed by atoms with Gasteiger partial charge in [0.05, 0.1) is 5.25 Å². The summed E-state index contributed by atoms with van der Waals surface area (Å²) >= 11 is 0. The molecular formula is C21H32N2O5S2. The zero-order valence-corrected chi connectivity index (χ0v) is 19.3. The standard InChI is InChI=1S/C21H32N2O5S2/c1-3-13-11-17-14(12-19(13)28-30(23,26)27)7-8-16-15(17)9-10-21(2)18(16)5-4-6-20(21)29(22,24)25/h11-12,15-16,18,20H,3-10H2,1-2H3,(H2,22,24,25)(H2,23,26,27)/t15?,16?,18?,20-,21-/m0/s1. The SMILES string of the molecule is CCc1cc2c(cc1OS(N)(=O)=O)CCC1C2CC[C@@]2(C)C1CCC[C@@H]2S(N)(=O)=O. The van der Waals surface area contributed by atoms with E-state index in [2.05, 4.69) is 13.0 Å². The molecule has 3 unspecified atom stereocenters. The Hall–Kier alpha value is -1.16. The third-order valence-electron chi connectivity index (χ3n) is 8.04. The number of sulfonamides is 1. The molecule has 0 spiro atoms. The lowest BCUT2D eigenvalue weighted by Crippen LogP contribution is -2.54. The van der Waals surface area contributed by atoms with Crippen LogP contribution in [0.4, 0.5) is 0 Å². The van der Waals surface area contributed by atoms with Crippen molar-refractivity contribution in [3.05, 3.63) is 28.8 Å². The summed E-state index contributed by atoms with van der Waals surface area (Å²) in [5.74, 6) is 1.45. The van der Waals surface area contributed by atoms with Crippen LogP contribution in [-0.4, -0.2) is 22.1 Å². The second-order valence-electron chi connectivity index (χ2n) is 9.56. The molecule has 2 fully saturated rings. The Morgan fingerprint density at radius 3 is 2.47 bits per heavy atom. The lowest BCUT2D eigenvalue weighted by atomic mass is 9.50. The molecule has 2 saturated carbocycles. The van der Waals surface area contributed by atoms with E-state index in [0.29, 0.717) is 36.3 Å². The van der Waals surface area contributed by atoms with Crippen LogP contribution in [0.2, 0.25) is 0 Å². The van der Waals surface area contributed by atoms with Crippen molar-refractivity contribution >= 4 is 20.3 Å². The molecule has 9 heteroatoms. The number of fused-ring (bicyclic) bond motifs is 5. The molecule has 5 atom stereocenters. The second-order valence-corrected chi connectivity index (χ2v) is 12.5. The minimum Gasteiger partial charge on any atom is -0.371 e. The van der Waals surface area contributed by atoms with Gasteiger partial charge < -0.3 is 4.18 Å². The average Bonchev–Trinajstić information content (AvgIpc) is 2.63. The summed E-state index contributed by atoms with van der Waals surface area (Å²) in [4.78, 5) is 0. The molecule has 4 rings (SSSR count). The van der Waals surface area contributed by atoms with E-state index >= 15 is 0 Å². The molecular weight excluding hydrogens is 424 g/mol. The summed E-state index contributed by atoms with van der Waals surface area (Å²) in [5, 5.41) is 10.3. The van der Waals surface area contributed by atoms with Crippen molar-refractivity contribution in [1.82, 2.24) is 0 Å². The van der Waals surface area contributed by atoms with Crippen molar-refractivity contribution in [3.63, 3.8) is 0 Å². The fourth-order valence-electron chi connectivity index (χ4n) is 6.81. The van der Waals surface area contributed by atoms with Gasteiger partial charge in [0.15, 0.2) is 0 Å². The first kappa shape index (κ1) is 22.0. The van der Waals surface area contributed by atoms with Crippen LogP contribution in [0.25, 0.3) is 0 Å². The lowest BCUT2D eigenvalue weighted by Gasteiger charge is -2.56. The van der Waals surface area contributed by atoms with Gasteiger partial charge in [-0.3, -0.25) is 0 Å². The van der Waals surface area contributed by atoms with Crippen LogP contribution in [0.15, 0.2) is 12.1 Å². The smallest absolute Gasteiger partial charge is 0.371 e. The van der Waals surface area contributed by atoms with Crippen molar-refractivity contribution in [2.75, 3.05) is 0 Å². The maximum Gasteiger partial charge on any atom is 0.380 e. The predicted molar refractivity (Wildman–Crippen MR) is 116 cm³/mol. The third-order valence-corrected chi connectivity index (χ3v) is 10.0. The van der Waals surface area contributed by atoms with Crippen molar-refractivity contribution in [2.24, 2.45) is 27.5 Å². The molecule has 3 aliphatic carbocycles. The van der Waals surface area contributed by atoms with Gasteiger partial charge in [-0.1, -0.05) is 26.3 Å². The van der Waals surface area contributed by atoms with Crippen molar-refractivity contribution < 1.29 is 21.0 Å². The van der Waals surface area contributed by atoms with E-state index in [1.807, 2.05) is 13.0 Å². The van der Waals surface area contributed by atoms with Crippen LogP contribution in [0.5, 0.6) is 5.75 Å². The van der Waals surface area contributed by atoms with Crippen LogP contribution >= 0.6 is 0 Å². The predicted octanol–water partition coefficient (Wildman–Crippen LogP) is 2.73. The Morgan fingerprint density at radius 2 is 1.83 bits per heavy atom. The molecule has 0 aromatic heterocycles. The Labute approximate surface area is 179 Å². The number of aryl methyl sites for hydroxylation is 2. The van der Waals surface area contributed by atoms with Gasteiger partial charge in [0, 0.05) is 0 Å². The van der Waals surface area contributed by atoms with Gasteiger partial charge in [-0.15, -0.1) is 0 Å². The minimum atomic E-state index is -4.07. The van der Waals surface area contributed by atoms with E-state index < -0.39 is 25.6 Å². The molecule has 0 saturated heterocycles. The minimum absolute atomic E-state index is 0.269. The van der Waals surface area contributed by atoms with Gasteiger partial charge in [0.2, 0.25) is 10.0 Å². The highest BCUT2D eigenvalue weighted by atomic mass is 32.2. The first-order chi connectivity index (χ1) is 13.9. The van der Waals surface area contributed by atoms with Crippen LogP contribution in [0.3, 0.4) is 0 Å². The molecule has 1 aromatic carbocycles. The van der Waals surface area contributed by atoms with E-state index in [9.17, 15) is 16.8 Å². The van der Waals surface area contributed by atoms with Crippen molar-refractivity contribution in [1.29, 1.82) is 0 Å². The lowest BCUT2D eigenvalue weighted by molar-refractivity contribution is -0.000948. The van der Waals surface area contributed by atoms with Gasteiger partial charge in [0.25, 0.3) is 0 Å². The Balaban J connectivity index is 1.71. The van der Waals surface area contributed by atoms with Crippen molar-refractivity contribution in [3.8, 4) is 5.75 Å². The Morgan fingerprint density at radius 1 is 1.10 bits per heavy atom. The van der Waals surface area contributed by atoms with Crippen LogP contribution < -0.4 is 14.5 Å². The third kappa shape index (κ3) is 3.78. The van der Waals surface area contributed by atoms with Crippen LogP contribution in [-0.2, 0) is 33.2 Å². The summed E-state index contributed by atoms with van der Waals surface area (Å²) in [6.07, 6.45) is 6.82. The maximum absolute atomic E-state index is 12.3. The van der Waals surface area contributed by atoms with E-state index in [1.54, 1.807) is 0 Å². The summed E-state index contributed by atoms with van der Waals surface area (Å²) in [5.41, 5.74) is 2.95. The maximum atomic E-state index is 12.3. The zero-order chi connectivity index (χ0) is 21.9. The first-order valence-corrected chi connectivity index (χ1v) is 13.9. The Bertz CT molecular complexity index is 1050. The molecule has 0 bridgehead atoms. The normalized spacial score (nSPS) is 33.9. The quantitative estimate of drug-likeness (QED) is 0.719. The molecule has 0 heterocycles. The summed E-state index contributed by atoms with van der Waals surface area (Å²) in [6, 6.07) is 3.94. The number of benzene rings is 1. The van der Waals surface area contributed by atoms with Gasteiger partial charge >= 0.3 is 10.3 Å². The number of nitrogens with two attached hydrogens (primary N) is 2. The highest BCUT2D eigenvalue weighted by Crippen LogP contribution is 2.60. The number of rotatable bonds is 4. The number of hydrogen-bond acceptors (Lipinski definition) is 5. The largest absolute Gasteiger partial charge is 0.380 e. The average molecular weight is 457 g/mol. The van der Waals surface area contributed by atoms with Gasteiger partial charge in [-0.25, -0.2) is 13.6 Å². The van der Waals surface area contributed by atoms with Gasteiger partial charge in [-0.2, -0.15) is 13.6 Å². The fraction of sp³-hybridized carbons (Fsp3) is 0.714. The topological polar surface area (TPSA) is 130 Å². The molecule has 0 aliphatic heterocycles. The number of hydrogen-bond donors (Lipinski definition) is 2. The fourth-order valence-corrected chi connectivity index (χ4v) is 8.75. The molecule has 1 aromatic rings. The van der Waals surface area contributed by atoms with Crippen LogP contribution in [0, 0.1) is 17.3 Å². The van der Waals surface area contributed by atoms with E-state index in [1.165, 1.54) is 5.56 Å². The summed E-state index contributed by atoms with van der Waals surface area (Å²) in [7, 11) is -7.64. The molecule has 168 valence electrons. The van der Waals surface area contributed by atoms with E-state index in [0.717, 1.165) is 49.7 Å². The van der Waals surface area contributed by atoms with E-state index in [-0.39, 0.29) is 5.41 Å². The van der Waals surface area contributed by atoms with Gasteiger partial charge in [-0.05, 0) is 90.9 Å². The second kappa shape index (κ2) is 7.46. The molecule has 0 amide bonds. The summed E-state index contributed by atoms with van der Waals surface area (Å²) < 4.78 is 52.7. The first-order valence-electron chi connectivity index (χ1n) is 10.8. The molecule has 0 radical (unpaired) electrons. The molecule has 4 N–H and O–H groups in total. The zero-order valence-electron chi connectivity index (χ0n) is 17.6. The highest BCUT2D eigenvalue weighted by Gasteiger charge is 2.55. The molecule has 30 heavy (non-hydrogen) atoms. The highest BCUT2D eigenvalue weighted by molar-refractivity contribution is 7.89. The summed E-state index contributed by atoms with van der Waals surface area (Å²) in [6.45, 7) is 4.10. The van der Waals surface area contributed by atoms with E-state index in [4.69, 9.17) is 14.5 Å². The number of primary sulfonamides is 1. The monoisotopic (exact) mass is 456 g/mol. The van der Waals surface area contributed by atoms with Crippen LogP contribution in [0.1, 0.15) is 75.0 Å². The van der Waals surface area contributed by atoms with Gasteiger partial charge in [0.1, 0.15) is 5.75 Å². The van der Waals surface area contributed by atoms with Crippen molar-refractivity contribution in [2.45, 2.75) is 76.4 Å². The molecule has 3 aliphatic rings.